The Labute approximate surface area is 106 Å². The van der Waals surface area contributed by atoms with Gasteiger partial charge in [0.05, 0.1) is 5.69 Å². The first kappa shape index (κ1) is 12.4. The van der Waals surface area contributed by atoms with Gasteiger partial charge in [-0.25, -0.2) is 4.79 Å². The van der Waals surface area contributed by atoms with Crippen LogP contribution in [-0.2, 0) is 12.8 Å². The number of aromatic amines is 1. The number of aryl methyl sites for hydroxylation is 2. The third kappa shape index (κ3) is 2.14. The van der Waals surface area contributed by atoms with Crippen LogP contribution in [0.5, 0.6) is 0 Å². The summed E-state index contributed by atoms with van der Waals surface area (Å²) in [5, 5.41) is 15.6. The standard InChI is InChI=1S/C14H16N2O2/c1-3-9-6-5-7-10(4-2)13(9)11-8-12(14(17)18)16-15-11/h5-8H,3-4H2,1-2H3,(H,15,16)(H,17,18). The van der Waals surface area contributed by atoms with Gasteiger partial charge in [0.25, 0.3) is 0 Å². The molecule has 4 nitrogen and oxygen atoms in total. The largest absolute Gasteiger partial charge is 0.477 e. The molecule has 0 aliphatic heterocycles. The van der Waals surface area contributed by atoms with Crippen molar-refractivity contribution in [1.82, 2.24) is 10.2 Å². The van der Waals surface area contributed by atoms with Gasteiger partial charge < -0.3 is 5.11 Å². The van der Waals surface area contributed by atoms with Crippen molar-refractivity contribution in [3.05, 3.63) is 41.1 Å². The molecule has 1 aromatic carbocycles. The maximum absolute atomic E-state index is 10.9. The molecular weight excluding hydrogens is 228 g/mol. The van der Waals surface area contributed by atoms with Crippen molar-refractivity contribution in [2.45, 2.75) is 26.7 Å². The Kier molecular flexibility index (Phi) is 3.46. The van der Waals surface area contributed by atoms with Crippen molar-refractivity contribution in [3.8, 4) is 11.3 Å². The van der Waals surface area contributed by atoms with Crippen molar-refractivity contribution < 1.29 is 9.90 Å². The Morgan fingerprint density at radius 2 is 1.89 bits per heavy atom. The molecule has 1 aromatic heterocycles. The van der Waals surface area contributed by atoms with Crippen LogP contribution in [0.4, 0.5) is 0 Å². The van der Waals surface area contributed by atoms with Crippen LogP contribution in [0.15, 0.2) is 24.3 Å². The van der Waals surface area contributed by atoms with E-state index in [0.717, 1.165) is 18.4 Å². The summed E-state index contributed by atoms with van der Waals surface area (Å²) in [6.07, 6.45) is 1.80. The van der Waals surface area contributed by atoms with Gasteiger partial charge in [-0.1, -0.05) is 32.0 Å². The number of nitrogens with one attached hydrogen (secondary N) is 1. The van der Waals surface area contributed by atoms with E-state index in [-0.39, 0.29) is 5.69 Å². The maximum atomic E-state index is 10.9. The Balaban J connectivity index is 2.57. The lowest BCUT2D eigenvalue weighted by atomic mass is 9.95. The minimum absolute atomic E-state index is 0.123. The van der Waals surface area contributed by atoms with Gasteiger partial charge >= 0.3 is 5.97 Å². The molecule has 0 aliphatic rings. The van der Waals surface area contributed by atoms with Crippen molar-refractivity contribution in [1.29, 1.82) is 0 Å². The zero-order chi connectivity index (χ0) is 13.1. The Morgan fingerprint density at radius 1 is 1.28 bits per heavy atom. The Morgan fingerprint density at radius 3 is 2.33 bits per heavy atom. The molecule has 2 rings (SSSR count). The summed E-state index contributed by atoms with van der Waals surface area (Å²) in [4.78, 5) is 10.9. The first-order valence-corrected chi connectivity index (χ1v) is 6.07. The molecule has 2 N–H and O–H groups in total. The normalized spacial score (nSPS) is 10.6. The fourth-order valence-electron chi connectivity index (χ4n) is 2.13. The zero-order valence-corrected chi connectivity index (χ0v) is 10.5. The number of carboxylic acid groups (broad SMARTS) is 1. The first-order valence-electron chi connectivity index (χ1n) is 6.07. The lowest BCUT2D eigenvalue weighted by Crippen LogP contribution is -1.95. The molecule has 0 amide bonds. The highest BCUT2D eigenvalue weighted by Crippen LogP contribution is 2.27. The van der Waals surface area contributed by atoms with Gasteiger partial charge in [0.15, 0.2) is 0 Å². The van der Waals surface area contributed by atoms with Crippen LogP contribution in [0.2, 0.25) is 0 Å². The molecule has 0 radical (unpaired) electrons. The molecule has 1 heterocycles. The smallest absolute Gasteiger partial charge is 0.353 e. The lowest BCUT2D eigenvalue weighted by molar-refractivity contribution is 0.0690. The minimum Gasteiger partial charge on any atom is -0.477 e. The van der Waals surface area contributed by atoms with E-state index in [0.29, 0.717) is 5.69 Å². The van der Waals surface area contributed by atoms with Crippen LogP contribution in [0.25, 0.3) is 11.3 Å². The van der Waals surface area contributed by atoms with E-state index in [9.17, 15) is 4.79 Å². The second-order valence-corrected chi connectivity index (χ2v) is 4.13. The summed E-state index contributed by atoms with van der Waals surface area (Å²) in [7, 11) is 0. The molecule has 0 aliphatic carbocycles. The molecule has 2 aromatic rings. The van der Waals surface area contributed by atoms with Gasteiger partial charge in [0, 0.05) is 5.56 Å². The third-order valence-corrected chi connectivity index (χ3v) is 3.06. The van der Waals surface area contributed by atoms with Crippen molar-refractivity contribution >= 4 is 5.97 Å². The summed E-state index contributed by atoms with van der Waals surface area (Å²) in [5.41, 5.74) is 4.28. The molecule has 0 bridgehead atoms. The van der Waals surface area contributed by atoms with E-state index < -0.39 is 5.97 Å². The third-order valence-electron chi connectivity index (χ3n) is 3.06. The molecule has 0 atom stereocenters. The van der Waals surface area contributed by atoms with E-state index in [1.807, 2.05) is 6.07 Å². The fourth-order valence-corrected chi connectivity index (χ4v) is 2.13. The molecule has 18 heavy (non-hydrogen) atoms. The minimum atomic E-state index is -0.985. The number of hydrogen-bond acceptors (Lipinski definition) is 2. The quantitative estimate of drug-likeness (QED) is 0.869. The predicted octanol–water partition coefficient (Wildman–Crippen LogP) is 2.90. The molecule has 0 fully saturated rings. The van der Waals surface area contributed by atoms with Gasteiger partial charge in [-0.2, -0.15) is 5.10 Å². The number of aromatic nitrogens is 2. The number of rotatable bonds is 4. The summed E-state index contributed by atoms with van der Waals surface area (Å²) in [5.74, 6) is -0.985. The van der Waals surface area contributed by atoms with Crippen LogP contribution < -0.4 is 0 Å². The maximum Gasteiger partial charge on any atom is 0.353 e. The highest BCUT2D eigenvalue weighted by Gasteiger charge is 2.14. The molecule has 0 saturated heterocycles. The van der Waals surface area contributed by atoms with Crippen molar-refractivity contribution in [3.63, 3.8) is 0 Å². The van der Waals surface area contributed by atoms with Gasteiger partial charge in [0.2, 0.25) is 0 Å². The number of benzene rings is 1. The lowest BCUT2D eigenvalue weighted by Gasteiger charge is -2.10. The van der Waals surface area contributed by atoms with E-state index in [2.05, 4.69) is 36.2 Å². The number of hydrogen-bond donors (Lipinski definition) is 2. The number of carbonyl (C=O) groups is 1. The SMILES string of the molecule is CCc1cccc(CC)c1-c1cc(C(=O)O)[nH]n1. The molecule has 0 saturated carbocycles. The average Bonchev–Trinajstić information content (AvgIpc) is 2.87. The van der Waals surface area contributed by atoms with Crippen LogP contribution in [0.1, 0.15) is 35.5 Å². The predicted molar refractivity (Wildman–Crippen MR) is 69.7 cm³/mol. The Hall–Kier alpha value is -2.10. The van der Waals surface area contributed by atoms with Gasteiger partial charge in [-0.15, -0.1) is 0 Å². The van der Waals surface area contributed by atoms with Crippen LogP contribution in [-0.4, -0.2) is 21.3 Å². The number of H-pyrrole nitrogens is 1. The monoisotopic (exact) mass is 244 g/mol. The number of aromatic carboxylic acids is 1. The molecule has 0 spiro atoms. The van der Waals surface area contributed by atoms with Gasteiger partial charge in [-0.05, 0) is 30.0 Å². The zero-order valence-electron chi connectivity index (χ0n) is 10.5. The number of carboxylic acids is 1. The number of nitrogens with zero attached hydrogens (tertiary/aromatic N) is 1. The molecule has 0 unspecified atom stereocenters. The van der Waals surface area contributed by atoms with E-state index in [1.54, 1.807) is 6.07 Å². The molecule has 4 heteroatoms. The summed E-state index contributed by atoms with van der Waals surface area (Å²) >= 11 is 0. The van der Waals surface area contributed by atoms with Crippen LogP contribution in [0.3, 0.4) is 0 Å². The summed E-state index contributed by atoms with van der Waals surface area (Å²) in [6.45, 7) is 4.17. The van der Waals surface area contributed by atoms with Crippen molar-refractivity contribution in [2.75, 3.05) is 0 Å². The highest BCUT2D eigenvalue weighted by molar-refractivity contribution is 5.87. The van der Waals surface area contributed by atoms with Crippen LogP contribution >= 0.6 is 0 Å². The Bertz CT molecular complexity index is 551. The van der Waals surface area contributed by atoms with E-state index in [4.69, 9.17) is 5.11 Å². The topological polar surface area (TPSA) is 66.0 Å². The molecule has 94 valence electrons. The second-order valence-electron chi connectivity index (χ2n) is 4.13. The van der Waals surface area contributed by atoms with Crippen molar-refractivity contribution in [2.24, 2.45) is 0 Å². The highest BCUT2D eigenvalue weighted by atomic mass is 16.4. The van der Waals surface area contributed by atoms with Crippen LogP contribution in [0, 0.1) is 0 Å². The summed E-state index contributed by atoms with van der Waals surface area (Å²) < 4.78 is 0. The van der Waals surface area contributed by atoms with E-state index >= 15 is 0 Å². The fraction of sp³-hybridized carbons (Fsp3) is 0.286. The summed E-state index contributed by atoms with van der Waals surface area (Å²) in [6, 6.07) is 7.75. The molecular formula is C14H16N2O2. The van der Waals surface area contributed by atoms with Gasteiger partial charge in [-0.3, -0.25) is 5.10 Å². The first-order chi connectivity index (χ1) is 8.67. The second kappa shape index (κ2) is 5.04. The van der Waals surface area contributed by atoms with E-state index in [1.165, 1.54) is 11.1 Å². The average molecular weight is 244 g/mol. The van der Waals surface area contributed by atoms with Gasteiger partial charge in [0.1, 0.15) is 5.69 Å².